The Morgan fingerprint density at radius 3 is 2.87 bits per heavy atom. The minimum Gasteiger partial charge on any atom is -0.437 e. The van der Waals surface area contributed by atoms with Gasteiger partial charge >= 0.3 is 0 Å². The van der Waals surface area contributed by atoms with Gasteiger partial charge in [-0.3, -0.25) is 0 Å². The van der Waals surface area contributed by atoms with Gasteiger partial charge in [0.15, 0.2) is 0 Å². The van der Waals surface area contributed by atoms with Crippen molar-refractivity contribution in [2.24, 2.45) is 0 Å². The van der Waals surface area contributed by atoms with Crippen LogP contribution in [0.1, 0.15) is 24.1 Å². The Morgan fingerprint density at radius 2 is 2.00 bits per heavy atom. The van der Waals surface area contributed by atoms with E-state index in [2.05, 4.69) is 73.5 Å². The third kappa shape index (κ3) is 5.84. The number of ether oxygens (including phenoxy) is 1. The zero-order valence-electron chi connectivity index (χ0n) is 21.9. The fourth-order valence-corrected chi connectivity index (χ4v) is 5.51. The van der Waals surface area contributed by atoms with Gasteiger partial charge < -0.3 is 20.7 Å². The SMILES string of the molecule is Cc1ccc2c(NCCc3cscn3)cccc2c1Oc1ncccc1-c1ccnc(NC2CCCNC2)n1. The van der Waals surface area contributed by atoms with E-state index < -0.39 is 0 Å². The molecule has 9 heteroatoms. The smallest absolute Gasteiger partial charge is 0.228 e. The van der Waals surface area contributed by atoms with Crippen molar-refractivity contribution < 1.29 is 4.74 Å². The van der Waals surface area contributed by atoms with Crippen molar-refractivity contribution >= 4 is 33.7 Å². The van der Waals surface area contributed by atoms with Gasteiger partial charge in [-0.1, -0.05) is 24.3 Å². The number of nitrogens with zero attached hydrogens (tertiary/aromatic N) is 4. The number of hydrogen-bond donors (Lipinski definition) is 3. The van der Waals surface area contributed by atoms with Crippen molar-refractivity contribution in [3.63, 3.8) is 0 Å². The van der Waals surface area contributed by atoms with Crippen LogP contribution in [0, 0.1) is 6.92 Å². The number of piperidine rings is 1. The maximum Gasteiger partial charge on any atom is 0.228 e. The predicted molar refractivity (Wildman–Crippen MR) is 158 cm³/mol. The molecule has 3 N–H and O–H groups in total. The van der Waals surface area contributed by atoms with Gasteiger partial charge in [-0.05, 0) is 56.1 Å². The van der Waals surface area contributed by atoms with Crippen LogP contribution in [0.25, 0.3) is 22.0 Å². The summed E-state index contributed by atoms with van der Waals surface area (Å²) in [4.78, 5) is 18.3. The number of hydrogen-bond acceptors (Lipinski definition) is 9. The molecule has 0 amide bonds. The van der Waals surface area contributed by atoms with Gasteiger partial charge in [0.1, 0.15) is 5.75 Å². The zero-order valence-corrected chi connectivity index (χ0v) is 22.7. The normalized spacial score (nSPS) is 15.3. The average Bonchev–Trinajstić information content (AvgIpc) is 3.49. The first-order valence-electron chi connectivity index (χ1n) is 13.3. The highest BCUT2D eigenvalue weighted by molar-refractivity contribution is 7.07. The van der Waals surface area contributed by atoms with Gasteiger partial charge in [-0.25, -0.2) is 19.9 Å². The largest absolute Gasteiger partial charge is 0.437 e. The topological polar surface area (TPSA) is 96.9 Å². The third-order valence-corrected chi connectivity index (χ3v) is 7.56. The van der Waals surface area contributed by atoms with Crippen LogP contribution in [-0.4, -0.2) is 45.6 Å². The fourth-order valence-electron chi connectivity index (χ4n) is 4.91. The molecule has 6 rings (SSSR count). The van der Waals surface area contributed by atoms with Crippen LogP contribution in [0.15, 0.2) is 71.8 Å². The highest BCUT2D eigenvalue weighted by Crippen LogP contribution is 2.38. The lowest BCUT2D eigenvalue weighted by atomic mass is 10.0. The molecule has 1 aliphatic heterocycles. The molecule has 0 aliphatic carbocycles. The molecule has 8 nitrogen and oxygen atoms in total. The monoisotopic (exact) mass is 537 g/mol. The van der Waals surface area contributed by atoms with Crippen molar-refractivity contribution in [2.45, 2.75) is 32.2 Å². The molecular weight excluding hydrogens is 506 g/mol. The number of anilines is 2. The maximum atomic E-state index is 6.58. The number of rotatable bonds is 9. The Hall–Kier alpha value is -4.08. The lowest BCUT2D eigenvalue weighted by Crippen LogP contribution is -2.38. The number of benzene rings is 2. The van der Waals surface area contributed by atoms with E-state index >= 15 is 0 Å². The molecule has 1 unspecified atom stereocenters. The summed E-state index contributed by atoms with van der Waals surface area (Å²) < 4.78 is 6.58. The Bertz CT molecular complexity index is 1550. The van der Waals surface area contributed by atoms with E-state index in [9.17, 15) is 0 Å². The molecular formula is C30H31N7OS. The van der Waals surface area contributed by atoms with Crippen molar-refractivity contribution in [3.05, 3.63) is 83.1 Å². The lowest BCUT2D eigenvalue weighted by Gasteiger charge is -2.23. The summed E-state index contributed by atoms with van der Waals surface area (Å²) in [6, 6.07) is 16.6. The molecule has 1 atom stereocenters. The van der Waals surface area contributed by atoms with Crippen molar-refractivity contribution in [2.75, 3.05) is 30.3 Å². The first kappa shape index (κ1) is 25.2. The number of thiazole rings is 1. The van der Waals surface area contributed by atoms with E-state index in [-0.39, 0.29) is 0 Å². The molecule has 39 heavy (non-hydrogen) atoms. The standard InChI is InChI=1S/C30H31N7OS/c1-20-9-10-23-24(6-2-8-26(23)32-15-11-22-18-39-19-35-22)28(20)38-29-25(7-4-14-33-29)27-12-16-34-30(37-27)36-21-5-3-13-31-17-21/h2,4,6-10,12,14,16,18-19,21,31-32H,3,5,11,13,15,17H2,1H3,(H,34,36,37). The Balaban J connectivity index is 1.27. The van der Waals surface area contributed by atoms with Crippen LogP contribution < -0.4 is 20.7 Å². The molecule has 198 valence electrons. The predicted octanol–water partition coefficient (Wildman–Crippen LogP) is 6.07. The lowest BCUT2D eigenvalue weighted by molar-refractivity contribution is 0.466. The first-order chi connectivity index (χ1) is 19.2. The Kier molecular flexibility index (Phi) is 7.60. The van der Waals surface area contributed by atoms with Gasteiger partial charge in [0.2, 0.25) is 11.8 Å². The van der Waals surface area contributed by atoms with Crippen LogP contribution in [0.3, 0.4) is 0 Å². The van der Waals surface area contributed by atoms with Gasteiger partial charge in [0, 0.05) is 59.8 Å². The molecule has 0 radical (unpaired) electrons. The summed E-state index contributed by atoms with van der Waals surface area (Å²) in [6.45, 7) is 4.84. The molecule has 0 saturated carbocycles. The molecule has 1 fully saturated rings. The van der Waals surface area contributed by atoms with Gasteiger partial charge in [0.05, 0.1) is 22.5 Å². The molecule has 5 aromatic rings. The summed E-state index contributed by atoms with van der Waals surface area (Å²) in [5.41, 5.74) is 6.67. The highest BCUT2D eigenvalue weighted by Gasteiger charge is 2.17. The molecule has 4 heterocycles. The molecule has 3 aromatic heterocycles. The highest BCUT2D eigenvalue weighted by atomic mass is 32.1. The second kappa shape index (κ2) is 11.8. The van der Waals surface area contributed by atoms with Crippen LogP contribution in [0.4, 0.5) is 11.6 Å². The molecule has 0 bridgehead atoms. The van der Waals surface area contributed by atoms with E-state index in [4.69, 9.17) is 9.72 Å². The summed E-state index contributed by atoms with van der Waals surface area (Å²) >= 11 is 1.63. The number of aromatic nitrogens is 4. The van der Waals surface area contributed by atoms with Gasteiger partial charge in [-0.15, -0.1) is 11.3 Å². The minimum absolute atomic E-state index is 0.321. The van der Waals surface area contributed by atoms with Crippen molar-refractivity contribution in [3.8, 4) is 22.9 Å². The number of pyridine rings is 1. The number of aryl methyl sites for hydroxylation is 1. The number of fused-ring (bicyclic) bond motifs is 1. The fraction of sp³-hybridized carbons (Fsp3) is 0.267. The van der Waals surface area contributed by atoms with E-state index in [0.717, 1.165) is 83.6 Å². The Morgan fingerprint density at radius 1 is 1.03 bits per heavy atom. The Labute approximate surface area is 231 Å². The average molecular weight is 538 g/mol. The molecule has 0 spiro atoms. The first-order valence-corrected chi connectivity index (χ1v) is 14.3. The zero-order chi connectivity index (χ0) is 26.4. The summed E-state index contributed by atoms with van der Waals surface area (Å²) in [7, 11) is 0. The molecule has 1 saturated heterocycles. The second-order valence-corrected chi connectivity index (χ2v) is 10.4. The summed E-state index contributed by atoms with van der Waals surface area (Å²) in [5.74, 6) is 1.92. The quantitative estimate of drug-likeness (QED) is 0.209. The van der Waals surface area contributed by atoms with E-state index in [1.165, 1.54) is 0 Å². The summed E-state index contributed by atoms with van der Waals surface area (Å²) in [6.07, 6.45) is 6.65. The van der Waals surface area contributed by atoms with E-state index in [0.29, 0.717) is 17.9 Å². The van der Waals surface area contributed by atoms with Crippen LogP contribution in [0.5, 0.6) is 11.6 Å². The van der Waals surface area contributed by atoms with Gasteiger partial charge in [-0.2, -0.15) is 0 Å². The molecule has 1 aliphatic rings. The van der Waals surface area contributed by atoms with Crippen LogP contribution in [-0.2, 0) is 6.42 Å². The van der Waals surface area contributed by atoms with Gasteiger partial charge in [0.25, 0.3) is 0 Å². The van der Waals surface area contributed by atoms with E-state index in [1.807, 2.05) is 23.7 Å². The molecule has 2 aromatic carbocycles. The summed E-state index contributed by atoms with van der Waals surface area (Å²) in [5, 5.41) is 14.7. The third-order valence-electron chi connectivity index (χ3n) is 6.92. The van der Waals surface area contributed by atoms with Crippen molar-refractivity contribution in [1.82, 2.24) is 25.3 Å². The van der Waals surface area contributed by atoms with E-state index in [1.54, 1.807) is 23.7 Å². The maximum absolute atomic E-state index is 6.58. The van der Waals surface area contributed by atoms with Crippen molar-refractivity contribution in [1.29, 1.82) is 0 Å². The van der Waals surface area contributed by atoms with Crippen LogP contribution in [0.2, 0.25) is 0 Å². The second-order valence-electron chi connectivity index (χ2n) is 9.68. The minimum atomic E-state index is 0.321. The number of nitrogens with one attached hydrogen (secondary N) is 3. The van der Waals surface area contributed by atoms with Crippen LogP contribution >= 0.6 is 11.3 Å².